The predicted molar refractivity (Wildman–Crippen MR) is 194 cm³/mol. The van der Waals surface area contributed by atoms with Gasteiger partial charge in [0.25, 0.3) is 0 Å². The summed E-state index contributed by atoms with van der Waals surface area (Å²) in [5.41, 5.74) is 2.83. The molecule has 4 heterocycles. The number of H-pyrrole nitrogens is 2. The number of carbonyl (C=O) groups is 3. The quantitative estimate of drug-likeness (QED) is 0.195. The van der Waals surface area contributed by atoms with Crippen molar-refractivity contribution in [2.75, 3.05) is 7.11 Å². The first-order valence-corrected chi connectivity index (χ1v) is 18.2. The largest absolute Gasteiger partial charge is 0.453 e. The summed E-state index contributed by atoms with van der Waals surface area (Å²) < 4.78 is 10.5. The smallest absolute Gasteiger partial charge is 0.411 e. The van der Waals surface area contributed by atoms with Crippen LogP contribution >= 0.6 is 0 Å². The second-order valence-electron chi connectivity index (χ2n) is 16.0. The fourth-order valence-electron chi connectivity index (χ4n) is 8.01. The van der Waals surface area contributed by atoms with Crippen LogP contribution in [0.4, 0.5) is 9.59 Å². The molecule has 0 unspecified atom stereocenters. The van der Waals surface area contributed by atoms with Crippen molar-refractivity contribution < 1.29 is 23.9 Å². The monoisotopic (exact) mass is 703 g/mol. The molecule has 4 fully saturated rings. The van der Waals surface area contributed by atoms with Crippen LogP contribution in [-0.4, -0.2) is 78.7 Å². The van der Waals surface area contributed by atoms with Gasteiger partial charge >= 0.3 is 12.2 Å². The van der Waals surface area contributed by atoms with Crippen LogP contribution in [0, 0.1) is 29.6 Å². The number of amides is 3. The van der Waals surface area contributed by atoms with Gasteiger partial charge in [0.05, 0.1) is 31.1 Å². The highest BCUT2D eigenvalue weighted by molar-refractivity contribution is 5.88. The van der Waals surface area contributed by atoms with Crippen LogP contribution in [0.5, 0.6) is 0 Å². The molecule has 3 amide bonds. The van der Waals surface area contributed by atoms with E-state index in [4.69, 9.17) is 19.4 Å². The molecule has 12 nitrogen and oxygen atoms in total. The number of methoxy groups -OCH3 is 1. The second-order valence-corrected chi connectivity index (χ2v) is 16.0. The van der Waals surface area contributed by atoms with Gasteiger partial charge in [-0.05, 0) is 99.1 Å². The molecule has 7 atom stereocenters. The number of rotatable bonds is 6. The van der Waals surface area contributed by atoms with Gasteiger partial charge in [0.2, 0.25) is 5.91 Å². The van der Waals surface area contributed by atoms with Crippen LogP contribution in [0.2, 0.25) is 0 Å². The van der Waals surface area contributed by atoms with Crippen molar-refractivity contribution in [1.29, 1.82) is 0 Å². The number of ether oxygens (including phenoxy) is 2. The van der Waals surface area contributed by atoms with Crippen LogP contribution in [-0.2, 0) is 14.3 Å². The third-order valence-corrected chi connectivity index (χ3v) is 10.8. The van der Waals surface area contributed by atoms with E-state index in [1.165, 1.54) is 7.11 Å². The molecule has 3 N–H and O–H groups in total. The Labute approximate surface area is 303 Å². The standard InChI is InChI=1S/C40H45N7O5/c1-21(2)34(45-38(49)51-6)37(48)46-30-15-26(30)17-32(46)35-41-19-28(43-35)12-8-22-7-9-24-14-25(11-10-23(24)13-22)29-20-42-36(44-29)33-18-27-16-31(27)47(33)39(50)52-40(3,4)5/h7,9-11,13-14,19-21,26-27,30-34H,15-18H2,1-6H3,(H,41,43)(H,42,44)(H,45,49)/t26-,27-,30-,31-,32+,33+,34+/m1/s1. The molecular weight excluding hydrogens is 658 g/mol. The minimum atomic E-state index is -0.677. The molecular formula is C40H45N7O5. The number of aromatic amines is 2. The van der Waals surface area contributed by atoms with Gasteiger partial charge < -0.3 is 29.7 Å². The van der Waals surface area contributed by atoms with E-state index >= 15 is 0 Å². The lowest BCUT2D eigenvalue weighted by molar-refractivity contribution is -0.136. The summed E-state index contributed by atoms with van der Waals surface area (Å²) in [5, 5.41) is 4.85. The third-order valence-electron chi connectivity index (χ3n) is 10.8. The number of likely N-dealkylation sites (tertiary alicyclic amines) is 2. The van der Waals surface area contributed by atoms with Gasteiger partial charge in [0.15, 0.2) is 0 Å². The van der Waals surface area contributed by atoms with Crippen molar-refractivity contribution >= 4 is 28.9 Å². The average Bonchev–Trinajstić information content (AvgIpc) is 3.70. The molecule has 0 spiro atoms. The molecule has 2 aromatic carbocycles. The lowest BCUT2D eigenvalue weighted by Crippen LogP contribution is -2.52. The Kier molecular flexibility index (Phi) is 8.27. The molecule has 2 aliphatic heterocycles. The first-order valence-electron chi connectivity index (χ1n) is 18.2. The summed E-state index contributed by atoms with van der Waals surface area (Å²) in [6, 6.07) is 11.8. The van der Waals surface area contributed by atoms with Gasteiger partial charge in [-0.3, -0.25) is 9.69 Å². The summed E-state index contributed by atoms with van der Waals surface area (Å²) >= 11 is 0. The highest BCUT2D eigenvalue weighted by atomic mass is 16.6. The normalized spacial score (nSPS) is 24.9. The van der Waals surface area contributed by atoms with Crippen LogP contribution < -0.4 is 5.32 Å². The lowest BCUT2D eigenvalue weighted by Gasteiger charge is -2.31. The first kappa shape index (κ1) is 33.8. The number of aromatic nitrogens is 4. The molecule has 2 aromatic heterocycles. The molecule has 52 heavy (non-hydrogen) atoms. The van der Waals surface area contributed by atoms with Gasteiger partial charge in [-0.1, -0.05) is 38.0 Å². The van der Waals surface area contributed by atoms with E-state index in [1.807, 2.05) is 56.7 Å². The number of fused-ring (bicyclic) bond motifs is 3. The average molecular weight is 704 g/mol. The summed E-state index contributed by atoms with van der Waals surface area (Å²) in [7, 11) is 1.30. The van der Waals surface area contributed by atoms with Crippen LogP contribution in [0.25, 0.3) is 22.0 Å². The first-order chi connectivity index (χ1) is 24.9. The number of imidazole rings is 2. The maximum atomic E-state index is 13.7. The summed E-state index contributed by atoms with van der Waals surface area (Å²) in [5.74, 6) is 8.69. The Morgan fingerprint density at radius 1 is 0.923 bits per heavy atom. The van der Waals surface area contributed by atoms with Gasteiger partial charge in [0.1, 0.15) is 29.0 Å². The van der Waals surface area contributed by atoms with Crippen molar-refractivity contribution in [3.63, 3.8) is 0 Å². The van der Waals surface area contributed by atoms with Crippen LogP contribution in [0.1, 0.15) is 95.3 Å². The zero-order valence-electron chi connectivity index (χ0n) is 30.4. The zero-order chi connectivity index (χ0) is 36.5. The molecule has 270 valence electrons. The van der Waals surface area contributed by atoms with Crippen molar-refractivity contribution in [1.82, 2.24) is 35.1 Å². The van der Waals surface area contributed by atoms with Crippen molar-refractivity contribution in [2.24, 2.45) is 17.8 Å². The van der Waals surface area contributed by atoms with Crippen molar-refractivity contribution in [3.8, 4) is 23.1 Å². The van der Waals surface area contributed by atoms with E-state index in [0.29, 0.717) is 23.4 Å². The minimum Gasteiger partial charge on any atom is -0.453 e. The molecule has 4 aromatic rings. The number of alkyl carbamates (subject to hydrolysis) is 1. The topological polar surface area (TPSA) is 146 Å². The lowest BCUT2D eigenvalue weighted by atomic mass is 10.0. The summed E-state index contributed by atoms with van der Waals surface area (Å²) in [4.78, 5) is 58.8. The van der Waals surface area contributed by atoms with Gasteiger partial charge in [0, 0.05) is 29.4 Å². The predicted octanol–water partition coefficient (Wildman–Crippen LogP) is 6.47. The van der Waals surface area contributed by atoms with Gasteiger partial charge in [-0.2, -0.15) is 0 Å². The van der Waals surface area contributed by atoms with Gasteiger partial charge in [-0.15, -0.1) is 0 Å². The number of piperidine rings is 2. The molecule has 2 saturated carbocycles. The number of hydrogen-bond acceptors (Lipinski definition) is 7. The molecule has 2 saturated heterocycles. The van der Waals surface area contributed by atoms with Crippen LogP contribution in [0.3, 0.4) is 0 Å². The number of benzene rings is 2. The number of nitrogens with zero attached hydrogens (tertiary/aromatic N) is 4. The Morgan fingerprint density at radius 2 is 1.62 bits per heavy atom. The Morgan fingerprint density at radius 3 is 2.33 bits per heavy atom. The number of nitrogens with one attached hydrogen (secondary N) is 3. The molecule has 0 radical (unpaired) electrons. The SMILES string of the molecule is COC(=O)N[C@H](C(=O)N1[C@@H]2C[C@@H]2C[C@H]1c1nc(C#Cc2ccc3cc(-c4cnc([C@@H]5C[C@H]6C[C@H]6N5C(=O)OC(C)(C)C)[nH]4)ccc3c2)c[nH]1)C(C)C. The Bertz CT molecular complexity index is 2120. The van der Waals surface area contributed by atoms with Crippen molar-refractivity contribution in [3.05, 3.63) is 71.7 Å². The van der Waals surface area contributed by atoms with E-state index in [9.17, 15) is 14.4 Å². The minimum absolute atomic E-state index is 0.0966. The number of carbonyl (C=O) groups excluding carboxylic acids is 3. The molecule has 2 aliphatic carbocycles. The maximum Gasteiger partial charge on any atom is 0.411 e. The highest BCUT2D eigenvalue weighted by Crippen LogP contribution is 2.54. The van der Waals surface area contributed by atoms with Crippen LogP contribution in [0.15, 0.2) is 48.8 Å². The maximum absolute atomic E-state index is 13.7. The molecule has 4 aliphatic rings. The fourth-order valence-corrected chi connectivity index (χ4v) is 8.01. The summed E-state index contributed by atoms with van der Waals surface area (Å²) in [6.07, 6.45) is 6.48. The van der Waals surface area contributed by atoms with E-state index in [0.717, 1.165) is 59.1 Å². The highest BCUT2D eigenvalue weighted by Gasteiger charge is 2.57. The molecule has 8 rings (SSSR count). The van der Waals surface area contributed by atoms with E-state index in [2.05, 4.69) is 57.5 Å². The third kappa shape index (κ3) is 6.49. The molecule has 12 heteroatoms. The fraction of sp³-hybridized carbons (Fsp3) is 0.475. The van der Waals surface area contributed by atoms with Crippen molar-refractivity contribution in [2.45, 2.75) is 96.1 Å². The second kappa shape index (κ2) is 12.7. The van der Waals surface area contributed by atoms with E-state index < -0.39 is 17.7 Å². The number of hydrogen-bond donors (Lipinski definition) is 3. The zero-order valence-corrected chi connectivity index (χ0v) is 30.4. The van der Waals surface area contributed by atoms with Gasteiger partial charge in [-0.25, -0.2) is 19.6 Å². The summed E-state index contributed by atoms with van der Waals surface area (Å²) in [6.45, 7) is 9.51. The molecule has 0 bridgehead atoms. The van der Waals surface area contributed by atoms with E-state index in [-0.39, 0.29) is 42.1 Å². The van der Waals surface area contributed by atoms with E-state index in [1.54, 1.807) is 6.20 Å². The Balaban J connectivity index is 0.953. The Hall–Kier alpha value is -5.31.